The molecule has 0 fully saturated rings. The fourth-order valence-electron chi connectivity index (χ4n) is 4.52. The minimum atomic E-state index is 0. The van der Waals surface area contributed by atoms with Crippen LogP contribution in [0.4, 0.5) is 0 Å². The van der Waals surface area contributed by atoms with Crippen molar-refractivity contribution in [3.63, 3.8) is 0 Å². The predicted octanol–water partition coefficient (Wildman–Crippen LogP) is 8.73. The quantitative estimate of drug-likeness (QED) is 0.132. The number of rotatable bonds is 22. The van der Waals surface area contributed by atoms with Crippen LogP contribution in [0.1, 0.15) is 143 Å². The third-order valence-electron chi connectivity index (χ3n) is 6.44. The van der Waals surface area contributed by atoms with Crippen LogP contribution >= 0.6 is 0 Å². The summed E-state index contributed by atoms with van der Waals surface area (Å²) in [5.74, 6) is 0. The Balaban J connectivity index is 0. The molecule has 2 heteroatoms. The van der Waals surface area contributed by atoms with Crippen LogP contribution in [0.15, 0.2) is 0 Å². The molecule has 172 valence electrons. The molecule has 1 N–H and O–H groups in total. The van der Waals surface area contributed by atoms with Crippen LogP contribution in [-0.2, 0) is 0 Å². The van der Waals surface area contributed by atoms with Crippen molar-refractivity contribution in [1.82, 2.24) is 0 Å². The molecule has 0 saturated carbocycles. The third-order valence-corrected chi connectivity index (χ3v) is 6.44. The monoisotopic (exact) mass is 399 g/mol. The first kappa shape index (κ1) is 30.1. The lowest BCUT2D eigenvalue weighted by molar-refractivity contribution is -0.929. The zero-order valence-corrected chi connectivity index (χ0v) is 20.5. The number of hydrogen-bond acceptors (Lipinski definition) is 1. The van der Waals surface area contributed by atoms with E-state index in [1.54, 1.807) is 0 Å². The van der Waals surface area contributed by atoms with E-state index in [4.69, 9.17) is 0 Å². The number of unbranched alkanes of at least 4 members (excludes halogenated alkanes) is 14. The zero-order chi connectivity index (χ0) is 20.1. The van der Waals surface area contributed by atoms with Gasteiger partial charge in [-0.1, -0.05) is 91.9 Å². The second kappa shape index (κ2) is 23.2. The molecule has 0 rings (SSSR count). The Labute approximate surface area is 179 Å². The van der Waals surface area contributed by atoms with E-state index in [1.165, 1.54) is 146 Å². The summed E-state index contributed by atoms with van der Waals surface area (Å²) in [6.45, 7) is 15.2. The predicted molar refractivity (Wildman–Crippen MR) is 127 cm³/mol. The lowest BCUT2D eigenvalue weighted by Gasteiger charge is -2.39. The van der Waals surface area contributed by atoms with Gasteiger partial charge in [-0.2, -0.15) is 0 Å². The van der Waals surface area contributed by atoms with Crippen molar-refractivity contribution in [1.29, 1.82) is 0 Å². The summed E-state index contributed by atoms with van der Waals surface area (Å²) in [7, 11) is 0. The molecule has 0 aromatic rings. The molecule has 0 aromatic heterocycles. The maximum Gasteiger partial charge on any atom is 0.0786 e. The molecule has 0 amide bonds. The maximum atomic E-state index is 2.34. The van der Waals surface area contributed by atoms with Gasteiger partial charge in [0.2, 0.25) is 0 Å². The van der Waals surface area contributed by atoms with Gasteiger partial charge in [0, 0.05) is 0 Å². The molecule has 0 radical (unpaired) electrons. The minimum Gasteiger partial charge on any atom is -0.870 e. The first-order valence-electron chi connectivity index (χ1n) is 13.1. The summed E-state index contributed by atoms with van der Waals surface area (Å²) in [5.41, 5.74) is 0. The second-order valence-electron chi connectivity index (χ2n) is 9.19. The van der Waals surface area contributed by atoms with Crippen LogP contribution in [0.3, 0.4) is 0 Å². The summed E-state index contributed by atoms with van der Waals surface area (Å²) >= 11 is 0. The van der Waals surface area contributed by atoms with Gasteiger partial charge in [-0.15, -0.1) is 0 Å². The lowest BCUT2D eigenvalue weighted by atomic mass is 10.1. The molecule has 28 heavy (non-hydrogen) atoms. The van der Waals surface area contributed by atoms with E-state index in [1.807, 2.05) is 0 Å². The van der Waals surface area contributed by atoms with Gasteiger partial charge in [0.1, 0.15) is 0 Å². The van der Waals surface area contributed by atoms with Crippen molar-refractivity contribution in [3.8, 4) is 0 Å². The number of hydrogen-bond donors (Lipinski definition) is 0. The molecule has 0 aliphatic heterocycles. The highest BCUT2D eigenvalue weighted by Crippen LogP contribution is 2.19. The molecule has 0 saturated heterocycles. The van der Waals surface area contributed by atoms with Gasteiger partial charge in [0.25, 0.3) is 0 Å². The molecule has 0 atom stereocenters. The van der Waals surface area contributed by atoms with E-state index < -0.39 is 0 Å². The van der Waals surface area contributed by atoms with Gasteiger partial charge >= 0.3 is 0 Å². The van der Waals surface area contributed by atoms with E-state index in [-0.39, 0.29) is 5.48 Å². The third kappa shape index (κ3) is 18.0. The lowest BCUT2D eigenvalue weighted by Crippen LogP contribution is -2.50. The molecule has 0 unspecified atom stereocenters. The first-order valence-corrected chi connectivity index (χ1v) is 13.1. The van der Waals surface area contributed by atoms with Crippen LogP contribution in [0.5, 0.6) is 0 Å². The summed E-state index contributed by atoms with van der Waals surface area (Å²) in [5, 5.41) is 0. The van der Waals surface area contributed by atoms with E-state index in [2.05, 4.69) is 27.7 Å². The van der Waals surface area contributed by atoms with E-state index in [0.29, 0.717) is 0 Å². The average Bonchev–Trinajstić information content (AvgIpc) is 2.68. The van der Waals surface area contributed by atoms with E-state index in [0.717, 1.165) is 0 Å². The van der Waals surface area contributed by atoms with Gasteiger partial charge < -0.3 is 9.96 Å². The summed E-state index contributed by atoms with van der Waals surface area (Å²) in [6.07, 6.45) is 25.8. The minimum absolute atomic E-state index is 0. The Hall–Kier alpha value is -0.0800. The first-order chi connectivity index (χ1) is 13.2. The topological polar surface area (TPSA) is 30.0 Å². The summed E-state index contributed by atoms with van der Waals surface area (Å²) in [6, 6.07) is 0. The van der Waals surface area contributed by atoms with Gasteiger partial charge in [-0.3, -0.25) is 0 Å². The molecule has 0 aliphatic carbocycles. The Morgan fingerprint density at radius 3 is 0.821 bits per heavy atom. The van der Waals surface area contributed by atoms with E-state index >= 15 is 0 Å². The number of nitrogens with zero attached hydrogens (tertiary/aromatic N) is 1. The second-order valence-corrected chi connectivity index (χ2v) is 9.19. The largest absolute Gasteiger partial charge is 0.870 e. The van der Waals surface area contributed by atoms with Crippen molar-refractivity contribution in [2.45, 2.75) is 143 Å². The number of quaternary nitrogens is 1. The highest BCUT2D eigenvalue weighted by atomic mass is 16.0. The SMILES string of the molecule is CCCCCCCC[N+](CCCCCC)(CCCCCC)CCCCCC.[OH-]. The van der Waals surface area contributed by atoms with Crippen molar-refractivity contribution in [3.05, 3.63) is 0 Å². The van der Waals surface area contributed by atoms with Crippen molar-refractivity contribution < 1.29 is 9.96 Å². The van der Waals surface area contributed by atoms with Gasteiger partial charge in [-0.25, -0.2) is 0 Å². The highest BCUT2D eigenvalue weighted by Gasteiger charge is 2.25. The smallest absolute Gasteiger partial charge is 0.0786 e. The molecular weight excluding hydrogens is 342 g/mol. The molecule has 0 heterocycles. The Kier molecular flexibility index (Phi) is 25.0. The van der Waals surface area contributed by atoms with Crippen LogP contribution in [-0.4, -0.2) is 36.1 Å². The van der Waals surface area contributed by atoms with Crippen LogP contribution in [0, 0.1) is 0 Å². The maximum absolute atomic E-state index is 2.34. The summed E-state index contributed by atoms with van der Waals surface area (Å²) in [4.78, 5) is 0. The standard InChI is InChI=1S/C26H56N.H2O/c1-5-9-13-17-18-22-26-27(23-19-14-10-6-2,24-20-15-11-7-3)25-21-16-12-8-4;/h5-26H2,1-4H3;1H2/q+1;/p-1. The van der Waals surface area contributed by atoms with Crippen molar-refractivity contribution in [2.24, 2.45) is 0 Å². The van der Waals surface area contributed by atoms with Crippen LogP contribution in [0.25, 0.3) is 0 Å². The fraction of sp³-hybridized carbons (Fsp3) is 1.00. The zero-order valence-electron chi connectivity index (χ0n) is 20.5. The molecule has 0 spiro atoms. The Morgan fingerprint density at radius 1 is 0.321 bits per heavy atom. The Bertz CT molecular complexity index is 248. The normalized spacial score (nSPS) is 11.6. The summed E-state index contributed by atoms with van der Waals surface area (Å²) < 4.78 is 1.46. The van der Waals surface area contributed by atoms with Crippen molar-refractivity contribution in [2.75, 3.05) is 26.2 Å². The fourth-order valence-corrected chi connectivity index (χ4v) is 4.52. The molecular formula is C26H57NO. The van der Waals surface area contributed by atoms with E-state index in [9.17, 15) is 0 Å². The molecule has 0 aromatic carbocycles. The van der Waals surface area contributed by atoms with Crippen LogP contribution < -0.4 is 0 Å². The van der Waals surface area contributed by atoms with Gasteiger partial charge in [-0.05, 0) is 51.4 Å². The van der Waals surface area contributed by atoms with Gasteiger partial charge in [0.05, 0.1) is 26.2 Å². The van der Waals surface area contributed by atoms with Crippen molar-refractivity contribution >= 4 is 0 Å². The highest BCUT2D eigenvalue weighted by molar-refractivity contribution is 4.53. The average molecular weight is 400 g/mol. The molecule has 0 aliphatic rings. The molecule has 0 bridgehead atoms. The van der Waals surface area contributed by atoms with Gasteiger partial charge in [0.15, 0.2) is 0 Å². The molecule has 2 nitrogen and oxygen atoms in total. The van der Waals surface area contributed by atoms with Crippen LogP contribution in [0.2, 0.25) is 0 Å². The Morgan fingerprint density at radius 2 is 0.536 bits per heavy atom.